The van der Waals surface area contributed by atoms with E-state index in [9.17, 15) is 0 Å². The third-order valence-corrected chi connectivity index (χ3v) is 5.77. The third-order valence-electron chi connectivity index (χ3n) is 4.36. The van der Waals surface area contributed by atoms with Crippen LogP contribution in [0.5, 0.6) is 0 Å². The Labute approximate surface area is 135 Å². The summed E-state index contributed by atoms with van der Waals surface area (Å²) in [6, 6.07) is 2.32. The first-order chi connectivity index (χ1) is 10.3. The van der Waals surface area contributed by atoms with Gasteiger partial charge in [0.05, 0.1) is 0 Å². The SMILES string of the molecule is Brc1nnc(N2C[C@H]3CC[C@@H](C2)[C@H]3Nc2ncccn2)s1. The number of piperidine rings is 1. The smallest absolute Gasteiger partial charge is 0.222 e. The lowest BCUT2D eigenvalue weighted by Gasteiger charge is -2.38. The van der Waals surface area contributed by atoms with E-state index in [0.717, 1.165) is 28.1 Å². The molecule has 1 N–H and O–H groups in total. The molecule has 3 atom stereocenters. The standard InChI is InChI=1S/C13H15BrN6S/c14-11-18-19-13(21-11)20-6-8-2-3-9(7-20)10(8)17-12-15-4-1-5-16-12/h1,4-5,8-10H,2-3,6-7H2,(H,15,16,17)/t8-,9+,10+. The number of anilines is 2. The number of hydrogen-bond acceptors (Lipinski definition) is 7. The normalized spacial score (nSPS) is 27.9. The zero-order valence-corrected chi connectivity index (χ0v) is 13.7. The average Bonchev–Trinajstić information content (AvgIpc) is 3.01. The second-order valence-corrected chi connectivity index (χ2v) is 7.81. The van der Waals surface area contributed by atoms with Gasteiger partial charge in [0.2, 0.25) is 11.1 Å². The van der Waals surface area contributed by atoms with E-state index in [0.29, 0.717) is 17.9 Å². The Hall–Kier alpha value is -1.28. The highest BCUT2D eigenvalue weighted by Crippen LogP contribution is 2.40. The van der Waals surface area contributed by atoms with Gasteiger partial charge in [-0.25, -0.2) is 9.97 Å². The third kappa shape index (κ3) is 2.62. The van der Waals surface area contributed by atoms with Gasteiger partial charge in [-0.15, -0.1) is 10.2 Å². The molecule has 1 saturated carbocycles. The minimum Gasteiger partial charge on any atom is -0.351 e. The Balaban J connectivity index is 1.49. The van der Waals surface area contributed by atoms with Gasteiger partial charge in [-0.05, 0) is 46.7 Å². The molecular weight excluding hydrogens is 352 g/mol. The van der Waals surface area contributed by atoms with Crippen LogP contribution in [-0.2, 0) is 0 Å². The summed E-state index contributed by atoms with van der Waals surface area (Å²) in [7, 11) is 0. The average molecular weight is 367 g/mol. The maximum absolute atomic E-state index is 4.29. The first kappa shape index (κ1) is 13.4. The molecule has 1 aliphatic carbocycles. The first-order valence-electron chi connectivity index (χ1n) is 7.07. The van der Waals surface area contributed by atoms with E-state index in [4.69, 9.17) is 0 Å². The van der Waals surface area contributed by atoms with Gasteiger partial charge in [-0.2, -0.15) is 0 Å². The van der Waals surface area contributed by atoms with Crippen molar-refractivity contribution in [2.75, 3.05) is 23.3 Å². The van der Waals surface area contributed by atoms with E-state index in [-0.39, 0.29) is 0 Å². The van der Waals surface area contributed by atoms with Crippen molar-refractivity contribution in [2.24, 2.45) is 11.8 Å². The highest BCUT2D eigenvalue weighted by Gasteiger charge is 2.43. The monoisotopic (exact) mass is 366 g/mol. The maximum Gasteiger partial charge on any atom is 0.222 e. The number of aromatic nitrogens is 4. The Kier molecular flexibility index (Phi) is 3.50. The van der Waals surface area contributed by atoms with Crippen molar-refractivity contribution >= 4 is 38.3 Å². The van der Waals surface area contributed by atoms with E-state index >= 15 is 0 Å². The Morgan fingerprint density at radius 1 is 1.14 bits per heavy atom. The number of halogens is 1. The van der Waals surface area contributed by atoms with Gasteiger partial charge in [0, 0.05) is 31.5 Å². The van der Waals surface area contributed by atoms with E-state index in [1.807, 2.05) is 6.07 Å². The topological polar surface area (TPSA) is 66.8 Å². The summed E-state index contributed by atoms with van der Waals surface area (Å²) < 4.78 is 0.850. The van der Waals surface area contributed by atoms with Crippen LogP contribution in [0, 0.1) is 11.8 Å². The summed E-state index contributed by atoms with van der Waals surface area (Å²) in [4.78, 5) is 10.9. The highest BCUT2D eigenvalue weighted by molar-refractivity contribution is 9.11. The zero-order chi connectivity index (χ0) is 14.2. The molecule has 1 aliphatic heterocycles. The summed E-state index contributed by atoms with van der Waals surface area (Å²) in [5.41, 5.74) is 0. The molecule has 0 spiro atoms. The Bertz CT molecular complexity index is 606. The number of nitrogens with zero attached hydrogens (tertiary/aromatic N) is 5. The Morgan fingerprint density at radius 3 is 2.48 bits per heavy atom. The largest absolute Gasteiger partial charge is 0.351 e. The minimum absolute atomic E-state index is 0.472. The van der Waals surface area contributed by atoms with Crippen LogP contribution in [0.15, 0.2) is 22.4 Å². The van der Waals surface area contributed by atoms with Gasteiger partial charge in [-0.3, -0.25) is 0 Å². The molecule has 6 nitrogen and oxygen atoms in total. The van der Waals surface area contributed by atoms with E-state index < -0.39 is 0 Å². The predicted octanol–water partition coefficient (Wildman–Crippen LogP) is 2.42. The Morgan fingerprint density at radius 2 is 1.86 bits per heavy atom. The van der Waals surface area contributed by atoms with Crippen LogP contribution in [0.2, 0.25) is 0 Å². The fourth-order valence-electron chi connectivity index (χ4n) is 3.46. The molecule has 0 aromatic carbocycles. The van der Waals surface area contributed by atoms with Crippen LogP contribution in [0.25, 0.3) is 0 Å². The van der Waals surface area contributed by atoms with Crippen molar-refractivity contribution in [1.82, 2.24) is 20.2 Å². The number of fused-ring (bicyclic) bond motifs is 2. The van der Waals surface area contributed by atoms with E-state index in [1.54, 1.807) is 23.7 Å². The minimum atomic E-state index is 0.472. The molecule has 0 unspecified atom stereocenters. The fourth-order valence-corrected chi connectivity index (χ4v) is 4.57. The van der Waals surface area contributed by atoms with Gasteiger partial charge >= 0.3 is 0 Å². The summed E-state index contributed by atoms with van der Waals surface area (Å²) in [6.07, 6.45) is 6.08. The number of hydrogen-bond donors (Lipinski definition) is 1. The van der Waals surface area contributed by atoms with Crippen LogP contribution in [0.4, 0.5) is 11.1 Å². The van der Waals surface area contributed by atoms with Crippen LogP contribution in [0.1, 0.15) is 12.8 Å². The highest BCUT2D eigenvalue weighted by atomic mass is 79.9. The molecule has 0 amide bonds. The lowest BCUT2D eigenvalue weighted by Crippen LogP contribution is -2.48. The number of rotatable bonds is 3. The molecule has 110 valence electrons. The van der Waals surface area contributed by atoms with Crippen LogP contribution in [0.3, 0.4) is 0 Å². The van der Waals surface area contributed by atoms with Gasteiger partial charge in [0.15, 0.2) is 3.92 Å². The molecule has 0 radical (unpaired) electrons. The number of nitrogens with one attached hydrogen (secondary N) is 1. The van der Waals surface area contributed by atoms with Crippen molar-refractivity contribution in [2.45, 2.75) is 18.9 Å². The second-order valence-electron chi connectivity index (χ2n) is 5.58. The molecule has 21 heavy (non-hydrogen) atoms. The van der Waals surface area contributed by atoms with Gasteiger partial charge in [0.1, 0.15) is 0 Å². The zero-order valence-electron chi connectivity index (χ0n) is 11.3. The molecule has 3 heterocycles. The molecule has 2 fully saturated rings. The van der Waals surface area contributed by atoms with E-state index in [2.05, 4.69) is 46.3 Å². The molecule has 1 saturated heterocycles. The van der Waals surface area contributed by atoms with Crippen LogP contribution >= 0.6 is 27.3 Å². The fraction of sp³-hybridized carbons (Fsp3) is 0.538. The van der Waals surface area contributed by atoms with Crippen molar-refractivity contribution < 1.29 is 0 Å². The quantitative estimate of drug-likeness (QED) is 0.899. The van der Waals surface area contributed by atoms with Crippen LogP contribution < -0.4 is 10.2 Å². The molecule has 2 aliphatic rings. The second kappa shape index (κ2) is 5.49. The summed E-state index contributed by atoms with van der Waals surface area (Å²) in [5.74, 6) is 1.98. The molecular formula is C13H15BrN6S. The maximum atomic E-state index is 4.29. The molecule has 2 aromatic heterocycles. The summed E-state index contributed by atoms with van der Waals surface area (Å²) in [5, 5.41) is 12.9. The first-order valence-corrected chi connectivity index (χ1v) is 8.68. The van der Waals surface area contributed by atoms with Crippen molar-refractivity contribution in [3.63, 3.8) is 0 Å². The van der Waals surface area contributed by atoms with Crippen molar-refractivity contribution in [3.8, 4) is 0 Å². The van der Waals surface area contributed by atoms with Gasteiger partial charge in [-0.1, -0.05) is 11.3 Å². The van der Waals surface area contributed by atoms with Crippen molar-refractivity contribution in [3.05, 3.63) is 22.4 Å². The van der Waals surface area contributed by atoms with Crippen LogP contribution in [-0.4, -0.2) is 39.3 Å². The lowest BCUT2D eigenvalue weighted by molar-refractivity contribution is 0.376. The van der Waals surface area contributed by atoms with Crippen molar-refractivity contribution in [1.29, 1.82) is 0 Å². The van der Waals surface area contributed by atoms with E-state index in [1.165, 1.54) is 12.8 Å². The van der Waals surface area contributed by atoms with Gasteiger partial charge < -0.3 is 10.2 Å². The summed E-state index contributed by atoms with van der Waals surface area (Å²) >= 11 is 5.00. The molecule has 2 aromatic rings. The molecule has 8 heteroatoms. The van der Waals surface area contributed by atoms with Gasteiger partial charge in [0.25, 0.3) is 0 Å². The molecule has 2 bridgehead atoms. The lowest BCUT2D eigenvalue weighted by atomic mass is 9.92. The summed E-state index contributed by atoms with van der Waals surface area (Å²) in [6.45, 7) is 2.06. The predicted molar refractivity (Wildman–Crippen MR) is 85.5 cm³/mol. The molecule has 4 rings (SSSR count).